The largest absolute Gasteiger partial charge is 0.462 e. The SMILES string of the molecule is CCOC(=O)c1cnc2c(C(F)(F)F)cccc2c1N1C[C@@]2(C)C[C@@H]1CC(C)(C)C2. The Labute approximate surface area is 174 Å². The second-order valence-electron chi connectivity index (χ2n) is 9.78. The van der Waals surface area contributed by atoms with Crippen molar-refractivity contribution in [3.63, 3.8) is 0 Å². The van der Waals surface area contributed by atoms with Gasteiger partial charge in [-0.2, -0.15) is 13.2 Å². The lowest BCUT2D eigenvalue weighted by Crippen LogP contribution is -2.35. The third-order valence-corrected chi connectivity index (χ3v) is 6.37. The summed E-state index contributed by atoms with van der Waals surface area (Å²) in [5.74, 6) is -0.551. The fourth-order valence-electron chi connectivity index (χ4n) is 5.83. The molecular formula is C23H27F3N2O2. The Morgan fingerprint density at radius 1 is 1.27 bits per heavy atom. The molecule has 2 fully saturated rings. The maximum absolute atomic E-state index is 13.6. The van der Waals surface area contributed by atoms with E-state index in [0.717, 1.165) is 25.3 Å². The first-order chi connectivity index (χ1) is 13.9. The van der Waals surface area contributed by atoms with E-state index in [0.29, 0.717) is 17.6 Å². The topological polar surface area (TPSA) is 42.4 Å². The summed E-state index contributed by atoms with van der Waals surface area (Å²) in [6.45, 7) is 9.30. The molecule has 4 rings (SSSR count). The lowest BCUT2D eigenvalue weighted by molar-refractivity contribution is -0.136. The lowest BCUT2D eigenvalue weighted by atomic mass is 9.65. The lowest BCUT2D eigenvalue weighted by Gasteiger charge is -2.39. The zero-order chi connectivity index (χ0) is 21.9. The number of halogens is 3. The van der Waals surface area contributed by atoms with E-state index in [2.05, 4.69) is 30.7 Å². The first kappa shape index (κ1) is 20.9. The van der Waals surface area contributed by atoms with Crippen LogP contribution < -0.4 is 4.90 Å². The number of ether oxygens (including phenoxy) is 1. The van der Waals surface area contributed by atoms with Gasteiger partial charge in [0.05, 0.1) is 23.4 Å². The molecule has 1 saturated heterocycles. The molecule has 1 aliphatic carbocycles. The van der Waals surface area contributed by atoms with Gasteiger partial charge in [0.2, 0.25) is 0 Å². The summed E-state index contributed by atoms with van der Waals surface area (Å²) in [6.07, 6.45) is -0.349. The minimum absolute atomic E-state index is 0.0512. The number of para-hydroxylation sites is 1. The van der Waals surface area contributed by atoms with Gasteiger partial charge in [-0.15, -0.1) is 0 Å². The Hall–Kier alpha value is -2.31. The van der Waals surface area contributed by atoms with Crippen LogP contribution in [0.1, 0.15) is 62.9 Å². The van der Waals surface area contributed by atoms with Crippen molar-refractivity contribution in [2.75, 3.05) is 18.1 Å². The van der Waals surface area contributed by atoms with Crippen molar-refractivity contribution in [2.24, 2.45) is 10.8 Å². The van der Waals surface area contributed by atoms with Crippen LogP contribution in [0, 0.1) is 10.8 Å². The molecule has 2 atom stereocenters. The highest BCUT2D eigenvalue weighted by atomic mass is 19.4. The van der Waals surface area contributed by atoms with Gasteiger partial charge in [-0.3, -0.25) is 4.98 Å². The van der Waals surface area contributed by atoms with E-state index in [1.807, 2.05) is 0 Å². The number of alkyl halides is 3. The first-order valence-corrected chi connectivity index (χ1v) is 10.4. The second kappa shape index (κ2) is 6.86. The molecule has 1 saturated carbocycles. The predicted molar refractivity (Wildman–Crippen MR) is 110 cm³/mol. The number of rotatable bonds is 3. The molecule has 0 spiro atoms. The number of aromatic nitrogens is 1. The number of hydrogen-bond donors (Lipinski definition) is 0. The van der Waals surface area contributed by atoms with Crippen LogP contribution in [0.2, 0.25) is 0 Å². The Kier molecular flexibility index (Phi) is 4.79. The van der Waals surface area contributed by atoms with Crippen LogP contribution in [-0.2, 0) is 10.9 Å². The number of pyridine rings is 1. The van der Waals surface area contributed by atoms with Gasteiger partial charge in [0.1, 0.15) is 5.56 Å². The van der Waals surface area contributed by atoms with Crippen molar-refractivity contribution in [2.45, 2.75) is 59.2 Å². The number of hydrogen-bond acceptors (Lipinski definition) is 4. The van der Waals surface area contributed by atoms with Gasteiger partial charge in [-0.25, -0.2) is 4.79 Å². The van der Waals surface area contributed by atoms with Crippen LogP contribution in [-0.4, -0.2) is 30.1 Å². The van der Waals surface area contributed by atoms with Crippen LogP contribution in [0.5, 0.6) is 0 Å². The highest BCUT2D eigenvalue weighted by Crippen LogP contribution is 2.54. The average molecular weight is 420 g/mol. The fourth-order valence-corrected chi connectivity index (χ4v) is 5.83. The van der Waals surface area contributed by atoms with Crippen molar-refractivity contribution in [1.29, 1.82) is 0 Å². The average Bonchev–Trinajstić information content (AvgIpc) is 2.88. The van der Waals surface area contributed by atoms with E-state index in [1.54, 1.807) is 13.0 Å². The van der Waals surface area contributed by atoms with Gasteiger partial charge in [0.25, 0.3) is 0 Å². The van der Waals surface area contributed by atoms with Crippen LogP contribution in [0.25, 0.3) is 10.9 Å². The molecule has 1 aromatic carbocycles. The quantitative estimate of drug-likeness (QED) is 0.586. The molecule has 2 heterocycles. The summed E-state index contributed by atoms with van der Waals surface area (Å²) in [7, 11) is 0. The molecule has 2 aliphatic rings. The molecule has 162 valence electrons. The molecule has 1 aliphatic heterocycles. The van der Waals surface area contributed by atoms with E-state index >= 15 is 0 Å². The second-order valence-corrected chi connectivity index (χ2v) is 9.78. The summed E-state index contributed by atoms with van der Waals surface area (Å²) in [4.78, 5) is 18.9. The summed E-state index contributed by atoms with van der Waals surface area (Å²) in [6, 6.07) is 4.22. The van der Waals surface area contributed by atoms with Crippen molar-refractivity contribution < 1.29 is 22.7 Å². The van der Waals surface area contributed by atoms with Crippen molar-refractivity contribution in [3.8, 4) is 0 Å². The standard InChI is InChI=1S/C23H27F3N2O2/c1-5-30-20(29)16-11-27-18-15(7-6-8-17(18)23(24,25)26)19(16)28-13-22(4)10-14(28)9-21(2,3)12-22/h6-8,11,14H,5,9-10,12-13H2,1-4H3/t14-,22-/m0/s1. The van der Waals surface area contributed by atoms with Gasteiger partial charge in [-0.1, -0.05) is 32.9 Å². The van der Waals surface area contributed by atoms with Gasteiger partial charge in [0, 0.05) is 24.2 Å². The van der Waals surface area contributed by atoms with Crippen molar-refractivity contribution in [1.82, 2.24) is 4.98 Å². The fraction of sp³-hybridized carbons (Fsp3) is 0.565. The van der Waals surface area contributed by atoms with Crippen LogP contribution >= 0.6 is 0 Å². The summed E-state index contributed by atoms with van der Waals surface area (Å²) in [5, 5.41) is 0.351. The normalized spacial score (nSPS) is 25.6. The van der Waals surface area contributed by atoms with Gasteiger partial charge < -0.3 is 9.64 Å². The van der Waals surface area contributed by atoms with Crippen LogP contribution in [0.4, 0.5) is 18.9 Å². The Bertz CT molecular complexity index is 1000. The molecule has 1 aromatic heterocycles. The van der Waals surface area contributed by atoms with Crippen LogP contribution in [0.15, 0.2) is 24.4 Å². The molecule has 30 heavy (non-hydrogen) atoms. The van der Waals surface area contributed by atoms with Crippen molar-refractivity contribution in [3.05, 3.63) is 35.5 Å². The first-order valence-electron chi connectivity index (χ1n) is 10.4. The maximum Gasteiger partial charge on any atom is 0.418 e. The van der Waals surface area contributed by atoms with Crippen molar-refractivity contribution >= 4 is 22.6 Å². The molecule has 0 N–H and O–H groups in total. The molecular weight excluding hydrogens is 393 g/mol. The summed E-state index contributed by atoms with van der Waals surface area (Å²) in [5.41, 5.74) is 0.0318. The molecule has 2 bridgehead atoms. The summed E-state index contributed by atoms with van der Waals surface area (Å²) >= 11 is 0. The Morgan fingerprint density at radius 2 is 2.00 bits per heavy atom. The van der Waals surface area contributed by atoms with Crippen LogP contribution in [0.3, 0.4) is 0 Å². The molecule has 4 nitrogen and oxygen atoms in total. The van der Waals surface area contributed by atoms with E-state index in [1.165, 1.54) is 12.3 Å². The van der Waals surface area contributed by atoms with E-state index in [9.17, 15) is 18.0 Å². The van der Waals surface area contributed by atoms with E-state index < -0.39 is 17.7 Å². The number of nitrogens with zero attached hydrogens (tertiary/aromatic N) is 2. The minimum atomic E-state index is -4.52. The molecule has 0 unspecified atom stereocenters. The van der Waals surface area contributed by atoms with Gasteiger partial charge >= 0.3 is 12.1 Å². The molecule has 0 amide bonds. The minimum Gasteiger partial charge on any atom is -0.462 e. The number of anilines is 1. The van der Waals surface area contributed by atoms with Gasteiger partial charge in [-0.05, 0) is 43.1 Å². The Morgan fingerprint density at radius 3 is 2.67 bits per heavy atom. The molecule has 7 heteroatoms. The number of esters is 1. The number of carbonyl (C=O) groups is 1. The van der Waals surface area contributed by atoms with Gasteiger partial charge in [0.15, 0.2) is 0 Å². The smallest absolute Gasteiger partial charge is 0.418 e. The van der Waals surface area contributed by atoms with E-state index in [-0.39, 0.29) is 34.6 Å². The highest BCUT2D eigenvalue weighted by molar-refractivity contribution is 6.06. The zero-order valence-corrected chi connectivity index (χ0v) is 17.8. The third-order valence-electron chi connectivity index (χ3n) is 6.37. The third kappa shape index (κ3) is 3.52. The number of carbonyl (C=O) groups excluding carboxylic acids is 1. The molecule has 2 aromatic rings. The molecule has 0 radical (unpaired) electrons. The maximum atomic E-state index is 13.6. The van der Waals surface area contributed by atoms with E-state index in [4.69, 9.17) is 4.74 Å². The highest BCUT2D eigenvalue weighted by Gasteiger charge is 2.50. The predicted octanol–water partition coefficient (Wildman–Crippen LogP) is 5.84. The Balaban J connectivity index is 1.95. The summed E-state index contributed by atoms with van der Waals surface area (Å²) < 4.78 is 46.1. The zero-order valence-electron chi connectivity index (χ0n) is 17.8. The number of fused-ring (bicyclic) bond motifs is 3. The number of benzene rings is 1. The monoisotopic (exact) mass is 420 g/mol.